The third kappa shape index (κ3) is 4.85. The van der Waals surface area contributed by atoms with Crippen molar-refractivity contribution in [3.63, 3.8) is 0 Å². The van der Waals surface area contributed by atoms with E-state index < -0.39 is 0 Å². The van der Waals surface area contributed by atoms with E-state index in [2.05, 4.69) is 5.32 Å². The van der Waals surface area contributed by atoms with Crippen LogP contribution >= 0.6 is 0 Å². The summed E-state index contributed by atoms with van der Waals surface area (Å²) in [6.45, 7) is 1.57. The lowest BCUT2D eigenvalue weighted by atomic mass is 9.95. The highest BCUT2D eigenvalue weighted by Gasteiger charge is 2.27. The number of likely N-dealkylation sites (tertiary alicyclic amines) is 1. The van der Waals surface area contributed by atoms with Gasteiger partial charge in [0.05, 0.1) is 33.4 Å². The molecule has 0 bridgehead atoms. The molecule has 0 atom stereocenters. The van der Waals surface area contributed by atoms with Gasteiger partial charge in [-0.3, -0.25) is 9.59 Å². The molecule has 1 saturated heterocycles. The molecule has 1 aliphatic rings. The van der Waals surface area contributed by atoms with Crippen LogP contribution in [0, 0.1) is 5.92 Å². The fourth-order valence-electron chi connectivity index (χ4n) is 3.40. The average molecular weight is 386 g/mol. The molecular weight excluding hydrogens is 360 g/mol. The van der Waals surface area contributed by atoms with E-state index in [9.17, 15) is 9.59 Å². The first-order chi connectivity index (χ1) is 13.6. The van der Waals surface area contributed by atoms with Crippen molar-refractivity contribution in [3.05, 3.63) is 47.9 Å². The molecule has 0 aliphatic carbocycles. The lowest BCUT2D eigenvalue weighted by molar-refractivity contribution is -0.135. The number of furan rings is 1. The molecule has 1 aromatic heterocycles. The molecule has 0 radical (unpaired) electrons. The van der Waals surface area contributed by atoms with Gasteiger partial charge in [0.15, 0.2) is 11.5 Å². The number of nitrogens with one attached hydrogen (secondary N) is 1. The molecule has 1 fully saturated rings. The number of carbonyl (C=O) groups excluding carboxylic acids is 2. The van der Waals surface area contributed by atoms with Crippen LogP contribution in [0.4, 0.5) is 0 Å². The third-order valence-electron chi connectivity index (χ3n) is 5.04. The number of piperidine rings is 1. The monoisotopic (exact) mass is 386 g/mol. The summed E-state index contributed by atoms with van der Waals surface area (Å²) in [6.07, 6.45) is 3.23. The van der Waals surface area contributed by atoms with Crippen LogP contribution in [0.25, 0.3) is 0 Å². The van der Waals surface area contributed by atoms with Crippen LogP contribution in [0.5, 0.6) is 11.5 Å². The van der Waals surface area contributed by atoms with Crippen molar-refractivity contribution >= 4 is 11.8 Å². The molecule has 2 heterocycles. The Morgan fingerprint density at radius 1 is 1.14 bits per heavy atom. The van der Waals surface area contributed by atoms with Crippen LogP contribution in [0.1, 0.15) is 24.2 Å². The minimum absolute atomic E-state index is 0.0170. The van der Waals surface area contributed by atoms with Gasteiger partial charge in [-0.15, -0.1) is 0 Å². The van der Waals surface area contributed by atoms with Crippen LogP contribution in [-0.2, 0) is 22.6 Å². The Balaban J connectivity index is 1.47. The zero-order valence-electron chi connectivity index (χ0n) is 16.3. The first kappa shape index (κ1) is 19.8. The maximum Gasteiger partial charge on any atom is 0.226 e. The molecule has 0 saturated carbocycles. The summed E-state index contributed by atoms with van der Waals surface area (Å²) < 4.78 is 15.7. The number of ether oxygens (including phenoxy) is 2. The van der Waals surface area contributed by atoms with E-state index in [0.717, 1.165) is 11.3 Å². The number of amides is 2. The van der Waals surface area contributed by atoms with Gasteiger partial charge in [0.2, 0.25) is 11.8 Å². The Morgan fingerprint density at radius 2 is 1.89 bits per heavy atom. The summed E-state index contributed by atoms with van der Waals surface area (Å²) in [4.78, 5) is 26.8. The molecule has 150 valence electrons. The number of hydrogen-bond donors (Lipinski definition) is 1. The molecule has 7 heteroatoms. The molecule has 0 spiro atoms. The number of nitrogens with zero attached hydrogens (tertiary/aromatic N) is 1. The maximum atomic E-state index is 12.6. The molecule has 1 N–H and O–H groups in total. The predicted octanol–water partition coefficient (Wildman–Crippen LogP) is 2.39. The zero-order chi connectivity index (χ0) is 19.9. The van der Waals surface area contributed by atoms with Gasteiger partial charge < -0.3 is 24.1 Å². The van der Waals surface area contributed by atoms with Crippen LogP contribution in [0.3, 0.4) is 0 Å². The normalized spacial score (nSPS) is 14.6. The lowest BCUT2D eigenvalue weighted by Crippen LogP contribution is -2.43. The molecule has 3 rings (SSSR count). The Bertz CT molecular complexity index is 795. The van der Waals surface area contributed by atoms with Crippen LogP contribution in [-0.4, -0.2) is 44.0 Å². The second-order valence-corrected chi connectivity index (χ2v) is 6.82. The van der Waals surface area contributed by atoms with Gasteiger partial charge in [-0.2, -0.15) is 0 Å². The van der Waals surface area contributed by atoms with E-state index in [-0.39, 0.29) is 17.7 Å². The van der Waals surface area contributed by atoms with Gasteiger partial charge in [0, 0.05) is 19.0 Å². The van der Waals surface area contributed by atoms with E-state index >= 15 is 0 Å². The molecule has 1 aromatic carbocycles. The first-order valence-corrected chi connectivity index (χ1v) is 9.39. The van der Waals surface area contributed by atoms with Crippen molar-refractivity contribution in [2.45, 2.75) is 25.8 Å². The molecule has 2 aromatic rings. The molecule has 7 nitrogen and oxygen atoms in total. The Labute approximate surface area is 164 Å². The minimum Gasteiger partial charge on any atom is -0.493 e. The van der Waals surface area contributed by atoms with Gasteiger partial charge in [0.1, 0.15) is 5.76 Å². The van der Waals surface area contributed by atoms with Crippen LogP contribution in [0.2, 0.25) is 0 Å². The summed E-state index contributed by atoms with van der Waals surface area (Å²) in [5.74, 6) is 1.99. The van der Waals surface area contributed by atoms with Gasteiger partial charge in [0.25, 0.3) is 0 Å². The van der Waals surface area contributed by atoms with E-state index in [1.807, 2.05) is 23.1 Å². The highest BCUT2D eigenvalue weighted by Crippen LogP contribution is 2.28. The van der Waals surface area contributed by atoms with E-state index in [4.69, 9.17) is 13.9 Å². The summed E-state index contributed by atoms with van der Waals surface area (Å²) in [5, 5.41) is 2.90. The third-order valence-corrected chi connectivity index (χ3v) is 5.04. The smallest absolute Gasteiger partial charge is 0.226 e. The van der Waals surface area contributed by atoms with Crippen molar-refractivity contribution in [3.8, 4) is 11.5 Å². The molecular formula is C21H26N2O5. The van der Waals surface area contributed by atoms with Crippen molar-refractivity contribution < 1.29 is 23.5 Å². The fourth-order valence-corrected chi connectivity index (χ4v) is 3.40. The van der Waals surface area contributed by atoms with E-state index in [1.54, 1.807) is 32.6 Å². The molecule has 2 amide bonds. The summed E-state index contributed by atoms with van der Waals surface area (Å²) in [6, 6.07) is 9.12. The van der Waals surface area contributed by atoms with Gasteiger partial charge in [-0.25, -0.2) is 0 Å². The van der Waals surface area contributed by atoms with Crippen molar-refractivity contribution in [1.29, 1.82) is 0 Å². The largest absolute Gasteiger partial charge is 0.493 e. The van der Waals surface area contributed by atoms with Crippen LogP contribution < -0.4 is 14.8 Å². The lowest BCUT2D eigenvalue weighted by Gasteiger charge is -2.31. The number of hydrogen-bond acceptors (Lipinski definition) is 5. The van der Waals surface area contributed by atoms with E-state index in [1.165, 1.54) is 0 Å². The van der Waals surface area contributed by atoms with Crippen LogP contribution in [0.15, 0.2) is 41.0 Å². The quantitative estimate of drug-likeness (QED) is 0.790. The molecule has 28 heavy (non-hydrogen) atoms. The number of carbonyl (C=O) groups is 2. The average Bonchev–Trinajstić information content (AvgIpc) is 3.25. The van der Waals surface area contributed by atoms with E-state index in [0.29, 0.717) is 50.4 Å². The topological polar surface area (TPSA) is 81.0 Å². The fraction of sp³-hybridized carbons (Fsp3) is 0.429. The van der Waals surface area contributed by atoms with Gasteiger partial charge in [-0.1, -0.05) is 6.07 Å². The number of rotatable bonds is 7. The highest BCUT2D eigenvalue weighted by molar-refractivity contribution is 5.81. The number of benzene rings is 1. The Hall–Kier alpha value is -2.96. The van der Waals surface area contributed by atoms with Crippen molar-refractivity contribution in [2.75, 3.05) is 27.3 Å². The Morgan fingerprint density at radius 3 is 2.54 bits per heavy atom. The van der Waals surface area contributed by atoms with Crippen molar-refractivity contribution in [1.82, 2.24) is 10.2 Å². The minimum atomic E-state index is -0.0694. The SMILES string of the molecule is COc1ccc(CC(=O)N2CCC(C(=O)NCc3ccco3)CC2)cc1OC. The molecule has 0 unspecified atom stereocenters. The standard InChI is InChI=1S/C21H26N2O5/c1-26-18-6-5-15(12-19(18)27-2)13-20(24)23-9-7-16(8-10-23)21(25)22-14-17-4-3-11-28-17/h3-6,11-12,16H,7-10,13-14H2,1-2H3,(H,22,25). The zero-order valence-corrected chi connectivity index (χ0v) is 16.3. The summed E-state index contributed by atoms with van der Waals surface area (Å²) >= 11 is 0. The summed E-state index contributed by atoms with van der Waals surface area (Å²) in [7, 11) is 3.16. The second kappa shape index (κ2) is 9.30. The highest BCUT2D eigenvalue weighted by atomic mass is 16.5. The number of methoxy groups -OCH3 is 2. The van der Waals surface area contributed by atoms with Gasteiger partial charge in [-0.05, 0) is 42.7 Å². The first-order valence-electron chi connectivity index (χ1n) is 9.39. The van der Waals surface area contributed by atoms with Gasteiger partial charge >= 0.3 is 0 Å². The van der Waals surface area contributed by atoms with Crippen molar-refractivity contribution in [2.24, 2.45) is 5.92 Å². The Kier molecular flexibility index (Phi) is 6.57. The summed E-state index contributed by atoms with van der Waals surface area (Å²) in [5.41, 5.74) is 0.876. The second-order valence-electron chi connectivity index (χ2n) is 6.82. The molecule has 1 aliphatic heterocycles. The predicted molar refractivity (Wildman–Crippen MR) is 103 cm³/mol. The maximum absolute atomic E-state index is 12.6.